The average molecular weight is 208 g/mol. The fourth-order valence-corrected chi connectivity index (χ4v) is 2.19. The van der Waals surface area contributed by atoms with Crippen LogP contribution in [0.15, 0.2) is 0 Å². The zero-order chi connectivity index (χ0) is 10.9. The van der Waals surface area contributed by atoms with Crippen LogP contribution in [-0.4, -0.2) is 23.7 Å². The molecule has 2 saturated carbocycles. The summed E-state index contributed by atoms with van der Waals surface area (Å²) >= 11 is 0. The first-order valence-electron chi connectivity index (χ1n) is 5.54. The van der Waals surface area contributed by atoms with E-state index >= 15 is 0 Å². The van der Waals surface area contributed by atoms with E-state index in [0.717, 1.165) is 19.3 Å². The van der Waals surface area contributed by atoms with E-state index in [1.165, 1.54) is 0 Å². The highest BCUT2D eigenvalue weighted by Gasteiger charge is 2.44. The predicted octanol–water partition coefficient (Wildman–Crippen LogP) is 0.567. The summed E-state index contributed by atoms with van der Waals surface area (Å²) in [5, 5.41) is 20.8. The molecule has 4 heteroatoms. The summed E-state index contributed by atoms with van der Waals surface area (Å²) in [5.74, 6) is 0.289. The van der Waals surface area contributed by atoms with Crippen molar-refractivity contribution in [3.8, 4) is 6.07 Å². The second-order valence-electron chi connectivity index (χ2n) is 4.75. The molecule has 82 valence electrons. The number of nitrogens with zero attached hydrogens (tertiary/aromatic N) is 1. The summed E-state index contributed by atoms with van der Waals surface area (Å²) in [6.45, 7) is 0.610. The number of amides is 1. The number of hydrogen-bond donors (Lipinski definition) is 2. The summed E-state index contributed by atoms with van der Waals surface area (Å²) in [4.78, 5) is 11.7. The normalized spacial score (nSPS) is 32.0. The van der Waals surface area contributed by atoms with Crippen LogP contribution < -0.4 is 5.32 Å². The van der Waals surface area contributed by atoms with E-state index in [-0.39, 0.29) is 12.0 Å². The molecule has 0 radical (unpaired) electrons. The van der Waals surface area contributed by atoms with Crippen molar-refractivity contribution in [2.45, 2.75) is 38.2 Å². The number of nitriles is 1. The number of carbonyl (C=O) groups excluding carboxylic acids is 1. The number of carbonyl (C=O) groups is 1. The van der Waals surface area contributed by atoms with Gasteiger partial charge in [-0.2, -0.15) is 5.26 Å². The van der Waals surface area contributed by atoms with Gasteiger partial charge in [-0.05, 0) is 38.0 Å². The first kappa shape index (κ1) is 10.4. The van der Waals surface area contributed by atoms with Gasteiger partial charge in [-0.3, -0.25) is 4.79 Å². The lowest BCUT2D eigenvalue weighted by atomic mass is 9.69. The van der Waals surface area contributed by atoms with Gasteiger partial charge >= 0.3 is 0 Å². The Bertz CT molecular complexity index is 298. The number of rotatable bonds is 3. The smallest absolute Gasteiger partial charge is 0.240 e. The third kappa shape index (κ3) is 1.84. The molecule has 0 aromatic rings. The van der Waals surface area contributed by atoms with Gasteiger partial charge in [-0.25, -0.2) is 0 Å². The third-order valence-corrected chi connectivity index (χ3v) is 3.62. The number of aliphatic hydroxyl groups excluding tert-OH is 1. The lowest BCUT2D eigenvalue weighted by Crippen LogP contribution is -2.47. The van der Waals surface area contributed by atoms with Gasteiger partial charge in [0.05, 0.1) is 12.2 Å². The number of nitrogens with one attached hydrogen (secondary N) is 1. The van der Waals surface area contributed by atoms with Crippen LogP contribution in [-0.2, 0) is 4.79 Å². The van der Waals surface area contributed by atoms with Gasteiger partial charge in [0.2, 0.25) is 5.91 Å². The minimum absolute atomic E-state index is 0.113. The first-order chi connectivity index (χ1) is 7.16. The van der Waals surface area contributed by atoms with Gasteiger partial charge in [0, 0.05) is 6.54 Å². The highest BCUT2D eigenvalue weighted by atomic mass is 16.3. The second-order valence-corrected chi connectivity index (χ2v) is 4.75. The monoisotopic (exact) mass is 208 g/mol. The van der Waals surface area contributed by atoms with Crippen LogP contribution in [0.3, 0.4) is 0 Å². The lowest BCUT2D eigenvalue weighted by molar-refractivity contribution is -0.132. The molecule has 2 N–H and O–H groups in total. The number of hydrogen-bond acceptors (Lipinski definition) is 3. The molecule has 2 aliphatic carbocycles. The molecule has 2 rings (SSSR count). The van der Waals surface area contributed by atoms with Crippen molar-refractivity contribution in [1.29, 1.82) is 5.26 Å². The molecule has 0 aromatic heterocycles. The van der Waals surface area contributed by atoms with E-state index in [1.807, 2.05) is 0 Å². The molecule has 0 unspecified atom stereocenters. The average Bonchev–Trinajstić information content (AvgIpc) is 2.09. The fourth-order valence-electron chi connectivity index (χ4n) is 2.19. The molecule has 4 nitrogen and oxygen atoms in total. The summed E-state index contributed by atoms with van der Waals surface area (Å²) in [5.41, 5.74) is -0.734. The van der Waals surface area contributed by atoms with E-state index in [4.69, 9.17) is 10.4 Å². The molecular weight excluding hydrogens is 192 g/mol. The maximum absolute atomic E-state index is 11.7. The van der Waals surface area contributed by atoms with Crippen molar-refractivity contribution < 1.29 is 9.90 Å². The summed E-state index contributed by atoms with van der Waals surface area (Å²) < 4.78 is 0. The quantitative estimate of drug-likeness (QED) is 0.712. The van der Waals surface area contributed by atoms with Gasteiger partial charge in [0.25, 0.3) is 0 Å². The Morgan fingerprint density at radius 2 is 2.20 bits per heavy atom. The fraction of sp³-hybridized carbons (Fsp3) is 0.818. The Hall–Kier alpha value is -1.08. The first-order valence-corrected chi connectivity index (χ1v) is 5.54. The molecular formula is C11H16N2O2. The van der Waals surface area contributed by atoms with Gasteiger partial charge < -0.3 is 10.4 Å². The molecule has 0 atom stereocenters. The van der Waals surface area contributed by atoms with Crippen LogP contribution in [0, 0.1) is 22.7 Å². The Balaban J connectivity index is 1.75. The molecule has 2 fully saturated rings. The van der Waals surface area contributed by atoms with Gasteiger partial charge in [0.1, 0.15) is 5.41 Å². The molecule has 0 spiro atoms. The topological polar surface area (TPSA) is 73.1 Å². The van der Waals surface area contributed by atoms with Crippen LogP contribution in [0.4, 0.5) is 0 Å². The minimum atomic E-state index is -0.734. The molecule has 2 aliphatic rings. The van der Waals surface area contributed by atoms with Gasteiger partial charge in [-0.15, -0.1) is 0 Å². The maximum atomic E-state index is 11.7. The molecule has 1 amide bonds. The maximum Gasteiger partial charge on any atom is 0.240 e. The van der Waals surface area contributed by atoms with E-state index in [2.05, 4.69) is 11.4 Å². The molecule has 0 saturated heterocycles. The largest absolute Gasteiger partial charge is 0.393 e. The SMILES string of the molecule is N#CC1(C(=O)NCC2CC(O)C2)CCC1. The van der Waals surface area contributed by atoms with Crippen LogP contribution in [0.25, 0.3) is 0 Å². The zero-order valence-electron chi connectivity index (χ0n) is 8.70. The van der Waals surface area contributed by atoms with Crippen molar-refractivity contribution in [1.82, 2.24) is 5.32 Å². The highest BCUT2D eigenvalue weighted by molar-refractivity contribution is 5.86. The van der Waals surface area contributed by atoms with Crippen molar-refractivity contribution in [2.24, 2.45) is 11.3 Å². The van der Waals surface area contributed by atoms with E-state index < -0.39 is 5.41 Å². The summed E-state index contributed by atoms with van der Waals surface area (Å²) in [6, 6.07) is 2.12. The summed E-state index contributed by atoms with van der Waals surface area (Å²) in [6.07, 6.45) is 3.74. The standard InChI is InChI=1S/C11H16N2O2/c12-7-11(2-1-3-11)10(15)13-6-8-4-9(14)5-8/h8-9,14H,1-6H2,(H,13,15). The molecule has 0 bridgehead atoms. The van der Waals surface area contributed by atoms with Crippen molar-refractivity contribution in [2.75, 3.05) is 6.54 Å². The molecule has 0 aliphatic heterocycles. The van der Waals surface area contributed by atoms with Gasteiger partial charge in [0.15, 0.2) is 0 Å². The van der Waals surface area contributed by atoms with E-state index in [9.17, 15) is 4.79 Å². The predicted molar refractivity (Wildman–Crippen MR) is 53.6 cm³/mol. The van der Waals surface area contributed by atoms with Crippen LogP contribution in [0.2, 0.25) is 0 Å². The highest BCUT2D eigenvalue weighted by Crippen LogP contribution is 2.40. The van der Waals surface area contributed by atoms with Crippen LogP contribution >= 0.6 is 0 Å². The Labute approximate surface area is 89.3 Å². The van der Waals surface area contributed by atoms with E-state index in [1.54, 1.807) is 0 Å². The summed E-state index contributed by atoms with van der Waals surface area (Å²) in [7, 11) is 0. The molecule has 0 aromatic carbocycles. The second kappa shape index (κ2) is 3.82. The molecule has 0 heterocycles. The molecule has 15 heavy (non-hydrogen) atoms. The van der Waals surface area contributed by atoms with Crippen LogP contribution in [0.5, 0.6) is 0 Å². The van der Waals surface area contributed by atoms with Crippen molar-refractivity contribution in [3.05, 3.63) is 0 Å². The Kier molecular flexibility index (Phi) is 2.66. The minimum Gasteiger partial charge on any atom is -0.393 e. The Morgan fingerprint density at radius 3 is 2.60 bits per heavy atom. The van der Waals surface area contributed by atoms with E-state index in [0.29, 0.717) is 25.3 Å². The zero-order valence-corrected chi connectivity index (χ0v) is 8.70. The van der Waals surface area contributed by atoms with Crippen molar-refractivity contribution >= 4 is 5.91 Å². The van der Waals surface area contributed by atoms with Crippen LogP contribution in [0.1, 0.15) is 32.1 Å². The lowest BCUT2D eigenvalue weighted by Gasteiger charge is -2.36. The third-order valence-electron chi connectivity index (χ3n) is 3.62. The van der Waals surface area contributed by atoms with Gasteiger partial charge in [-0.1, -0.05) is 0 Å². The Morgan fingerprint density at radius 1 is 1.53 bits per heavy atom. The van der Waals surface area contributed by atoms with Crippen molar-refractivity contribution in [3.63, 3.8) is 0 Å². The number of aliphatic hydroxyl groups is 1.